The monoisotopic (exact) mass is 597 g/mol. The molecular weight excluding hydrogens is 562 g/mol. The number of carboxylic acid groups (broad SMARTS) is 1. The van der Waals surface area contributed by atoms with Gasteiger partial charge in [0.15, 0.2) is 0 Å². The molecule has 1 saturated carbocycles. The van der Waals surface area contributed by atoms with Gasteiger partial charge in [-0.1, -0.05) is 43.5 Å². The minimum atomic E-state index is -0.944. The lowest BCUT2D eigenvalue weighted by Crippen LogP contribution is -2.14. The van der Waals surface area contributed by atoms with Gasteiger partial charge < -0.3 is 19.1 Å². The van der Waals surface area contributed by atoms with Gasteiger partial charge in [-0.2, -0.15) is 0 Å². The second-order valence-electron chi connectivity index (χ2n) is 11.6. The molecule has 0 aliphatic heterocycles. The number of imidazole rings is 1. The van der Waals surface area contributed by atoms with Crippen LogP contribution < -0.4 is 9.47 Å². The number of fused-ring (bicyclic) bond motifs is 2. The molecule has 1 N–H and O–H groups in total. The number of benzene rings is 4. The van der Waals surface area contributed by atoms with Crippen molar-refractivity contribution in [1.29, 1.82) is 0 Å². The minimum absolute atomic E-state index is 0.250. The number of methoxy groups -OCH3 is 1. The normalized spacial score (nSPS) is 13.7. The lowest BCUT2D eigenvalue weighted by Gasteiger charge is -2.25. The van der Waals surface area contributed by atoms with Crippen LogP contribution >= 0.6 is 0 Å². The van der Waals surface area contributed by atoms with E-state index in [4.69, 9.17) is 19.4 Å². The molecule has 1 aliphatic carbocycles. The molecule has 6 aromatic rings. The van der Waals surface area contributed by atoms with Gasteiger partial charge in [-0.15, -0.1) is 0 Å². The van der Waals surface area contributed by atoms with E-state index in [1.165, 1.54) is 19.3 Å². The third kappa shape index (κ3) is 5.50. The Morgan fingerprint density at radius 2 is 1.58 bits per heavy atom. The first-order valence-corrected chi connectivity index (χ1v) is 15.6. The number of rotatable bonds is 8. The highest BCUT2D eigenvalue weighted by atomic mass is 16.5. The maximum Gasteiger partial charge on any atom is 0.335 e. The molecule has 0 unspecified atom stereocenters. The number of aromatic nitrogens is 3. The third-order valence-electron chi connectivity index (χ3n) is 8.80. The van der Waals surface area contributed by atoms with Crippen LogP contribution in [0.15, 0.2) is 91.0 Å². The molecule has 226 valence electrons. The van der Waals surface area contributed by atoms with Gasteiger partial charge in [-0.3, -0.25) is 0 Å². The van der Waals surface area contributed by atoms with E-state index in [0.717, 1.165) is 74.5 Å². The fourth-order valence-corrected chi connectivity index (χ4v) is 6.57. The molecular formula is C38H35N3O4. The Morgan fingerprint density at radius 1 is 0.800 bits per heavy atom. The Bertz CT molecular complexity index is 2020. The molecule has 4 aromatic carbocycles. The number of ether oxygens (including phenoxy) is 2. The SMILES string of the molecule is CCOc1ccc(-c2ccc(OC)cc2-c2ccc3cc(-c4nc5cc(C(=O)O)ccc5n4C4CCCCC4)ccc3n2)cc1. The summed E-state index contributed by atoms with van der Waals surface area (Å²) in [6, 6.07) is 30.3. The molecule has 2 heterocycles. The summed E-state index contributed by atoms with van der Waals surface area (Å²) in [4.78, 5) is 21.8. The smallest absolute Gasteiger partial charge is 0.335 e. The standard InChI is InChI=1S/C38H35N3O4/c1-3-45-29-14-9-24(10-15-29)31-17-16-30(44-2)23-32(31)34-19-11-25-21-26(12-18-33(25)39-34)37-40-35-22-27(38(42)43)13-20-36(35)41(37)28-7-5-4-6-8-28/h9-23,28H,3-8H2,1-2H3,(H,42,43). The van der Waals surface area contributed by atoms with Crippen LogP contribution in [0.2, 0.25) is 0 Å². The number of hydrogen-bond acceptors (Lipinski definition) is 5. The summed E-state index contributed by atoms with van der Waals surface area (Å²) < 4.78 is 13.6. The highest BCUT2D eigenvalue weighted by Crippen LogP contribution is 2.38. The molecule has 0 amide bonds. The zero-order valence-electron chi connectivity index (χ0n) is 25.5. The van der Waals surface area contributed by atoms with Gasteiger partial charge in [0.05, 0.1) is 41.5 Å². The zero-order valence-corrected chi connectivity index (χ0v) is 25.5. The summed E-state index contributed by atoms with van der Waals surface area (Å²) in [5.74, 6) is 1.54. The maximum absolute atomic E-state index is 11.7. The first-order chi connectivity index (χ1) is 22.0. The Kier molecular flexibility index (Phi) is 7.67. The first kappa shape index (κ1) is 28.6. The van der Waals surface area contributed by atoms with Gasteiger partial charge >= 0.3 is 5.97 Å². The van der Waals surface area contributed by atoms with Crippen molar-refractivity contribution < 1.29 is 19.4 Å². The van der Waals surface area contributed by atoms with Crippen molar-refractivity contribution >= 4 is 27.9 Å². The Hall–Kier alpha value is -5.17. The second-order valence-corrected chi connectivity index (χ2v) is 11.6. The number of pyridine rings is 1. The fourth-order valence-electron chi connectivity index (χ4n) is 6.57. The van der Waals surface area contributed by atoms with Gasteiger partial charge in [0.1, 0.15) is 17.3 Å². The number of hydrogen-bond donors (Lipinski definition) is 1. The van der Waals surface area contributed by atoms with E-state index in [0.29, 0.717) is 18.2 Å². The third-order valence-corrected chi connectivity index (χ3v) is 8.80. The van der Waals surface area contributed by atoms with Crippen LogP contribution in [0.3, 0.4) is 0 Å². The van der Waals surface area contributed by atoms with E-state index in [2.05, 4.69) is 53.1 Å². The van der Waals surface area contributed by atoms with Crippen molar-refractivity contribution in [1.82, 2.24) is 14.5 Å². The van der Waals surface area contributed by atoms with Crippen LogP contribution in [0.1, 0.15) is 55.4 Å². The van der Waals surface area contributed by atoms with Crippen LogP contribution in [0.5, 0.6) is 11.5 Å². The number of aromatic carboxylic acids is 1. The molecule has 7 nitrogen and oxygen atoms in total. The van der Waals surface area contributed by atoms with Gasteiger partial charge in [-0.05, 0) is 97.6 Å². The highest BCUT2D eigenvalue weighted by Gasteiger charge is 2.23. The maximum atomic E-state index is 11.7. The summed E-state index contributed by atoms with van der Waals surface area (Å²) in [5, 5.41) is 10.6. The quantitative estimate of drug-likeness (QED) is 0.188. The molecule has 1 fully saturated rings. The summed E-state index contributed by atoms with van der Waals surface area (Å²) >= 11 is 0. The predicted octanol–water partition coefficient (Wildman–Crippen LogP) is 9.20. The van der Waals surface area contributed by atoms with E-state index in [1.807, 2.05) is 37.3 Å². The van der Waals surface area contributed by atoms with Crippen molar-refractivity contribution in [3.8, 4) is 45.3 Å². The second kappa shape index (κ2) is 12.1. The average Bonchev–Trinajstić information content (AvgIpc) is 3.47. The van der Waals surface area contributed by atoms with Crippen molar-refractivity contribution in [2.24, 2.45) is 0 Å². The highest BCUT2D eigenvalue weighted by molar-refractivity contribution is 5.94. The lowest BCUT2D eigenvalue weighted by molar-refractivity contribution is 0.0697. The molecule has 0 saturated heterocycles. The molecule has 1 aliphatic rings. The molecule has 0 spiro atoms. The van der Waals surface area contributed by atoms with E-state index in [9.17, 15) is 9.90 Å². The van der Waals surface area contributed by atoms with Crippen LogP contribution in [0.4, 0.5) is 0 Å². The molecule has 0 atom stereocenters. The Balaban J connectivity index is 1.30. The van der Waals surface area contributed by atoms with Crippen LogP contribution in [0, 0.1) is 0 Å². The molecule has 7 rings (SSSR count). The number of nitrogens with zero attached hydrogens (tertiary/aromatic N) is 3. The van der Waals surface area contributed by atoms with Crippen molar-refractivity contribution in [2.45, 2.75) is 45.1 Å². The van der Waals surface area contributed by atoms with Gasteiger partial charge in [0, 0.05) is 22.6 Å². The summed E-state index contributed by atoms with van der Waals surface area (Å²) in [6.45, 7) is 2.61. The van der Waals surface area contributed by atoms with Crippen molar-refractivity contribution in [2.75, 3.05) is 13.7 Å². The molecule has 7 heteroatoms. The summed E-state index contributed by atoms with van der Waals surface area (Å²) in [7, 11) is 1.67. The Morgan fingerprint density at radius 3 is 2.33 bits per heavy atom. The largest absolute Gasteiger partial charge is 0.497 e. The minimum Gasteiger partial charge on any atom is -0.497 e. The first-order valence-electron chi connectivity index (χ1n) is 15.6. The zero-order chi connectivity index (χ0) is 30.9. The average molecular weight is 598 g/mol. The number of carboxylic acids is 1. The molecule has 45 heavy (non-hydrogen) atoms. The van der Waals surface area contributed by atoms with Crippen LogP contribution in [0.25, 0.3) is 55.7 Å². The molecule has 0 bridgehead atoms. The lowest BCUT2D eigenvalue weighted by atomic mass is 9.94. The van der Waals surface area contributed by atoms with Crippen molar-refractivity contribution in [3.63, 3.8) is 0 Å². The van der Waals surface area contributed by atoms with Crippen LogP contribution in [-0.4, -0.2) is 39.3 Å². The topological polar surface area (TPSA) is 86.5 Å². The summed E-state index contributed by atoms with van der Waals surface area (Å²) in [5.41, 5.74) is 7.79. The van der Waals surface area contributed by atoms with E-state index < -0.39 is 5.97 Å². The number of carbonyl (C=O) groups is 1. The Labute approximate surface area is 262 Å². The fraction of sp³-hybridized carbons (Fsp3) is 0.237. The van der Waals surface area contributed by atoms with E-state index in [1.54, 1.807) is 19.2 Å². The van der Waals surface area contributed by atoms with E-state index in [-0.39, 0.29) is 5.56 Å². The molecule has 2 aromatic heterocycles. The van der Waals surface area contributed by atoms with Crippen molar-refractivity contribution in [3.05, 3.63) is 96.6 Å². The summed E-state index contributed by atoms with van der Waals surface area (Å²) in [6.07, 6.45) is 5.80. The molecule has 0 radical (unpaired) electrons. The van der Waals surface area contributed by atoms with Gasteiger partial charge in [0.25, 0.3) is 0 Å². The van der Waals surface area contributed by atoms with E-state index >= 15 is 0 Å². The van der Waals surface area contributed by atoms with Gasteiger partial charge in [-0.25, -0.2) is 14.8 Å². The van der Waals surface area contributed by atoms with Crippen LogP contribution in [-0.2, 0) is 0 Å². The predicted molar refractivity (Wildman–Crippen MR) is 178 cm³/mol. The van der Waals surface area contributed by atoms with Gasteiger partial charge in [0.2, 0.25) is 0 Å².